The van der Waals surface area contributed by atoms with Crippen LogP contribution in [-0.2, 0) is 4.74 Å². The quantitative estimate of drug-likeness (QED) is 0.915. The van der Waals surface area contributed by atoms with Crippen molar-refractivity contribution in [2.75, 3.05) is 25.1 Å². The maximum Gasteiger partial charge on any atom is 0.184 e. The number of benzene rings is 1. The van der Waals surface area contributed by atoms with E-state index in [-0.39, 0.29) is 0 Å². The standard InChI is InChI=1S/C15H20N2O2S/c1-3-19-12-4-5-13-14(8-12)20-15(17-13)16-10(2)11-6-7-18-9-11/h4-5,8,10-11H,3,6-7,9H2,1-2H3,(H,16,17). The van der Waals surface area contributed by atoms with E-state index >= 15 is 0 Å². The van der Waals surface area contributed by atoms with Crippen LogP contribution in [0.25, 0.3) is 10.2 Å². The highest BCUT2D eigenvalue weighted by atomic mass is 32.1. The number of fused-ring (bicyclic) bond motifs is 1. The highest BCUT2D eigenvalue weighted by Gasteiger charge is 2.22. The summed E-state index contributed by atoms with van der Waals surface area (Å²) in [5.74, 6) is 1.49. The first-order valence-electron chi connectivity index (χ1n) is 7.14. The molecule has 108 valence electrons. The lowest BCUT2D eigenvalue weighted by atomic mass is 10.0. The first kappa shape index (κ1) is 13.6. The third-order valence-corrected chi connectivity index (χ3v) is 4.64. The second kappa shape index (κ2) is 5.97. The molecule has 20 heavy (non-hydrogen) atoms. The summed E-state index contributed by atoms with van der Waals surface area (Å²) in [6.45, 7) is 6.63. The van der Waals surface area contributed by atoms with Gasteiger partial charge in [-0.05, 0) is 38.5 Å². The van der Waals surface area contributed by atoms with Gasteiger partial charge in [0.05, 0.1) is 23.4 Å². The number of hydrogen-bond donors (Lipinski definition) is 1. The van der Waals surface area contributed by atoms with Gasteiger partial charge in [-0.2, -0.15) is 0 Å². The smallest absolute Gasteiger partial charge is 0.184 e. The summed E-state index contributed by atoms with van der Waals surface area (Å²) in [5, 5.41) is 4.49. The van der Waals surface area contributed by atoms with Crippen LogP contribution >= 0.6 is 11.3 Å². The number of hydrogen-bond acceptors (Lipinski definition) is 5. The molecule has 0 radical (unpaired) electrons. The summed E-state index contributed by atoms with van der Waals surface area (Å²) in [4.78, 5) is 4.64. The molecule has 1 aromatic heterocycles. The van der Waals surface area contributed by atoms with Crippen molar-refractivity contribution in [3.8, 4) is 5.75 Å². The Balaban J connectivity index is 1.74. The molecule has 0 spiro atoms. The van der Waals surface area contributed by atoms with Crippen LogP contribution in [0.1, 0.15) is 20.3 Å². The van der Waals surface area contributed by atoms with Crippen molar-refractivity contribution in [3.63, 3.8) is 0 Å². The van der Waals surface area contributed by atoms with Gasteiger partial charge in [0.2, 0.25) is 0 Å². The number of anilines is 1. The van der Waals surface area contributed by atoms with E-state index in [1.165, 1.54) is 0 Å². The molecule has 0 amide bonds. The summed E-state index contributed by atoms with van der Waals surface area (Å²) in [5.41, 5.74) is 1.02. The van der Waals surface area contributed by atoms with Crippen LogP contribution in [0, 0.1) is 5.92 Å². The van der Waals surface area contributed by atoms with Crippen molar-refractivity contribution >= 4 is 26.7 Å². The number of nitrogens with one attached hydrogen (secondary N) is 1. The number of rotatable bonds is 5. The third kappa shape index (κ3) is 2.88. The van der Waals surface area contributed by atoms with Crippen molar-refractivity contribution in [1.82, 2.24) is 4.98 Å². The molecule has 1 saturated heterocycles. The van der Waals surface area contributed by atoms with Gasteiger partial charge in [0, 0.05) is 18.6 Å². The van der Waals surface area contributed by atoms with Gasteiger partial charge < -0.3 is 14.8 Å². The Morgan fingerprint density at radius 3 is 3.20 bits per heavy atom. The zero-order valence-electron chi connectivity index (χ0n) is 11.9. The van der Waals surface area contributed by atoms with E-state index in [0.717, 1.165) is 40.7 Å². The predicted molar refractivity (Wildman–Crippen MR) is 82.8 cm³/mol. The zero-order valence-corrected chi connectivity index (χ0v) is 12.7. The van der Waals surface area contributed by atoms with Crippen LogP contribution in [0.4, 0.5) is 5.13 Å². The molecular weight excluding hydrogens is 272 g/mol. The summed E-state index contributed by atoms with van der Waals surface area (Å²) in [7, 11) is 0. The van der Waals surface area contributed by atoms with E-state index in [9.17, 15) is 0 Å². The van der Waals surface area contributed by atoms with Crippen LogP contribution in [0.3, 0.4) is 0 Å². The highest BCUT2D eigenvalue weighted by Crippen LogP contribution is 2.30. The predicted octanol–water partition coefficient (Wildman–Crippen LogP) is 3.53. The average molecular weight is 292 g/mol. The molecule has 1 fully saturated rings. The highest BCUT2D eigenvalue weighted by molar-refractivity contribution is 7.22. The maximum absolute atomic E-state index is 5.53. The molecule has 1 N–H and O–H groups in total. The maximum atomic E-state index is 5.53. The molecule has 2 aromatic rings. The van der Waals surface area contributed by atoms with E-state index in [4.69, 9.17) is 9.47 Å². The van der Waals surface area contributed by atoms with Gasteiger partial charge >= 0.3 is 0 Å². The number of ether oxygens (including phenoxy) is 2. The van der Waals surface area contributed by atoms with Crippen molar-refractivity contribution in [2.24, 2.45) is 5.92 Å². The first-order chi connectivity index (χ1) is 9.76. The van der Waals surface area contributed by atoms with Crippen LogP contribution in [0.2, 0.25) is 0 Å². The third-order valence-electron chi connectivity index (χ3n) is 3.69. The molecule has 2 unspecified atom stereocenters. The van der Waals surface area contributed by atoms with E-state index in [0.29, 0.717) is 18.6 Å². The minimum absolute atomic E-state index is 0.393. The molecule has 5 heteroatoms. The fraction of sp³-hybridized carbons (Fsp3) is 0.533. The van der Waals surface area contributed by atoms with Crippen LogP contribution in [-0.4, -0.2) is 30.8 Å². The molecule has 0 saturated carbocycles. The van der Waals surface area contributed by atoms with Gasteiger partial charge in [0.1, 0.15) is 5.75 Å². The molecule has 1 aliphatic heterocycles. The lowest BCUT2D eigenvalue weighted by Crippen LogP contribution is -2.25. The van der Waals surface area contributed by atoms with Gasteiger partial charge in [-0.3, -0.25) is 0 Å². The molecule has 2 heterocycles. The van der Waals surface area contributed by atoms with Gasteiger partial charge in [-0.15, -0.1) is 0 Å². The van der Waals surface area contributed by atoms with E-state index in [2.05, 4.69) is 23.3 Å². The van der Waals surface area contributed by atoms with Crippen molar-refractivity contribution < 1.29 is 9.47 Å². The Kier molecular flexibility index (Phi) is 4.08. The normalized spacial score (nSPS) is 20.2. The van der Waals surface area contributed by atoms with Crippen molar-refractivity contribution in [3.05, 3.63) is 18.2 Å². The number of aromatic nitrogens is 1. The Morgan fingerprint density at radius 1 is 1.55 bits per heavy atom. The Morgan fingerprint density at radius 2 is 2.45 bits per heavy atom. The molecule has 1 aromatic carbocycles. The minimum Gasteiger partial charge on any atom is -0.494 e. The molecule has 0 bridgehead atoms. The van der Waals surface area contributed by atoms with E-state index < -0.39 is 0 Å². The van der Waals surface area contributed by atoms with Gasteiger partial charge in [0.25, 0.3) is 0 Å². The summed E-state index contributed by atoms with van der Waals surface area (Å²) < 4.78 is 12.1. The Hall–Kier alpha value is -1.33. The zero-order chi connectivity index (χ0) is 13.9. The van der Waals surface area contributed by atoms with Crippen LogP contribution in [0.15, 0.2) is 18.2 Å². The fourth-order valence-electron chi connectivity index (χ4n) is 2.48. The van der Waals surface area contributed by atoms with E-state index in [1.807, 2.05) is 19.1 Å². The molecule has 1 aliphatic rings. The lowest BCUT2D eigenvalue weighted by molar-refractivity contribution is 0.183. The summed E-state index contributed by atoms with van der Waals surface area (Å²) in [6.07, 6.45) is 1.13. The van der Waals surface area contributed by atoms with Gasteiger partial charge in [0.15, 0.2) is 5.13 Å². The van der Waals surface area contributed by atoms with Gasteiger partial charge in [-0.1, -0.05) is 11.3 Å². The topological polar surface area (TPSA) is 43.4 Å². The second-order valence-electron chi connectivity index (χ2n) is 5.14. The van der Waals surface area contributed by atoms with E-state index in [1.54, 1.807) is 11.3 Å². The fourth-order valence-corrected chi connectivity index (χ4v) is 3.47. The monoisotopic (exact) mass is 292 g/mol. The summed E-state index contributed by atoms with van der Waals surface area (Å²) in [6, 6.07) is 6.45. The lowest BCUT2D eigenvalue weighted by Gasteiger charge is -2.18. The molecule has 4 nitrogen and oxygen atoms in total. The SMILES string of the molecule is CCOc1ccc2nc(NC(C)C3CCOC3)sc2c1. The second-order valence-corrected chi connectivity index (χ2v) is 6.17. The largest absolute Gasteiger partial charge is 0.494 e. The Labute approximate surface area is 123 Å². The minimum atomic E-state index is 0.393. The number of nitrogens with zero attached hydrogens (tertiary/aromatic N) is 1. The van der Waals surface area contributed by atoms with Crippen molar-refractivity contribution in [1.29, 1.82) is 0 Å². The first-order valence-corrected chi connectivity index (χ1v) is 7.95. The Bertz CT molecular complexity index is 578. The molecule has 0 aliphatic carbocycles. The number of thiazole rings is 1. The van der Waals surface area contributed by atoms with Crippen molar-refractivity contribution in [2.45, 2.75) is 26.3 Å². The van der Waals surface area contributed by atoms with Gasteiger partial charge in [-0.25, -0.2) is 4.98 Å². The average Bonchev–Trinajstić information content (AvgIpc) is 3.06. The molecular formula is C15H20N2O2S. The van der Waals surface area contributed by atoms with Crippen LogP contribution < -0.4 is 10.1 Å². The summed E-state index contributed by atoms with van der Waals surface area (Å²) >= 11 is 1.68. The molecule has 2 atom stereocenters. The molecule has 3 rings (SSSR count). The van der Waals surface area contributed by atoms with Crippen LogP contribution in [0.5, 0.6) is 5.75 Å².